The summed E-state index contributed by atoms with van der Waals surface area (Å²) < 4.78 is 0. The maximum Gasteiger partial charge on any atom is 0.0513 e. The minimum absolute atomic E-state index is 0.373. The predicted molar refractivity (Wildman–Crippen MR) is 103 cm³/mol. The molecule has 0 saturated heterocycles. The second kappa shape index (κ2) is 5.09. The van der Waals surface area contributed by atoms with E-state index < -0.39 is 0 Å². The van der Waals surface area contributed by atoms with E-state index in [1.54, 1.807) is 0 Å². The number of aliphatic imine (C=N–C) groups is 1. The predicted octanol–water partition coefficient (Wildman–Crippen LogP) is 5.08. The Labute approximate surface area is 149 Å². The van der Waals surface area contributed by atoms with Gasteiger partial charge in [0, 0.05) is 23.7 Å². The lowest BCUT2D eigenvalue weighted by molar-refractivity contribution is 0.122. The van der Waals surface area contributed by atoms with Crippen molar-refractivity contribution in [3.05, 3.63) is 0 Å². The van der Waals surface area contributed by atoms with E-state index in [4.69, 9.17) is 4.99 Å². The normalized spacial score (nSPS) is 49.4. The Balaban J connectivity index is 1.35. The van der Waals surface area contributed by atoms with Gasteiger partial charge in [-0.1, -0.05) is 41.5 Å². The van der Waals surface area contributed by atoms with E-state index in [-0.39, 0.29) is 0 Å². The summed E-state index contributed by atoms with van der Waals surface area (Å²) in [6.45, 7) is 17.0. The highest BCUT2D eigenvalue weighted by molar-refractivity contribution is 5.94. The molecule has 0 aromatic carbocycles. The summed E-state index contributed by atoms with van der Waals surface area (Å²) in [6, 6.07) is 0.707. The highest BCUT2D eigenvalue weighted by Gasteiger charge is 2.61. The summed E-state index contributed by atoms with van der Waals surface area (Å²) in [5.41, 5.74) is 3.37. The lowest BCUT2D eigenvalue weighted by atomic mass is 9.69. The van der Waals surface area contributed by atoms with Gasteiger partial charge in [0.05, 0.1) is 6.54 Å². The van der Waals surface area contributed by atoms with E-state index >= 15 is 0 Å². The van der Waals surface area contributed by atoms with Gasteiger partial charge in [-0.15, -0.1) is 0 Å². The molecule has 4 aliphatic carbocycles. The number of hydrogen-bond donors (Lipinski definition) is 1. The Kier molecular flexibility index (Phi) is 3.62. The highest BCUT2D eigenvalue weighted by Crippen LogP contribution is 2.65. The highest BCUT2D eigenvalue weighted by atomic mass is 15.0. The monoisotopic (exact) mass is 330 g/mol. The average molecular weight is 331 g/mol. The molecule has 4 saturated carbocycles. The van der Waals surface area contributed by atoms with E-state index in [1.807, 2.05) is 0 Å². The van der Waals surface area contributed by atoms with Crippen LogP contribution in [0.3, 0.4) is 0 Å². The Hall–Kier alpha value is -0.370. The smallest absolute Gasteiger partial charge is 0.0513 e. The Bertz CT molecular complexity index is 560. The van der Waals surface area contributed by atoms with Crippen LogP contribution in [-0.4, -0.2) is 24.8 Å². The van der Waals surface area contributed by atoms with Gasteiger partial charge >= 0.3 is 0 Å². The Morgan fingerprint density at radius 3 is 2.17 bits per heavy atom. The number of fused-ring (bicyclic) bond motifs is 4. The Morgan fingerprint density at radius 2 is 1.67 bits per heavy atom. The minimum atomic E-state index is 0.373. The van der Waals surface area contributed by atoms with Crippen LogP contribution in [0.4, 0.5) is 0 Å². The topological polar surface area (TPSA) is 24.4 Å². The molecule has 4 bridgehead atoms. The molecular formula is C22H38N2. The van der Waals surface area contributed by atoms with Gasteiger partial charge in [-0.25, -0.2) is 0 Å². The molecule has 5 unspecified atom stereocenters. The average Bonchev–Trinajstić information content (AvgIpc) is 3.02. The zero-order chi connectivity index (χ0) is 17.4. The molecule has 0 aliphatic heterocycles. The van der Waals surface area contributed by atoms with E-state index in [2.05, 4.69) is 46.9 Å². The van der Waals surface area contributed by atoms with Gasteiger partial charge < -0.3 is 5.32 Å². The van der Waals surface area contributed by atoms with Crippen molar-refractivity contribution in [2.24, 2.45) is 38.5 Å². The first-order chi connectivity index (χ1) is 11.1. The maximum atomic E-state index is 5.11. The fourth-order valence-corrected chi connectivity index (χ4v) is 7.11. The minimum Gasteiger partial charge on any atom is -0.312 e. The van der Waals surface area contributed by atoms with Crippen molar-refractivity contribution in [1.82, 2.24) is 5.32 Å². The van der Waals surface area contributed by atoms with Crippen LogP contribution in [0.25, 0.3) is 0 Å². The van der Waals surface area contributed by atoms with E-state index in [9.17, 15) is 0 Å². The maximum absolute atomic E-state index is 5.11. The van der Waals surface area contributed by atoms with Crippen LogP contribution in [0, 0.1) is 33.5 Å². The van der Waals surface area contributed by atoms with Crippen LogP contribution in [0.5, 0.6) is 0 Å². The summed E-state index contributed by atoms with van der Waals surface area (Å²) >= 11 is 0. The van der Waals surface area contributed by atoms with Crippen molar-refractivity contribution in [2.75, 3.05) is 13.1 Å². The molecule has 2 heteroatoms. The molecule has 136 valence electrons. The third-order valence-electron chi connectivity index (χ3n) is 10.1. The first kappa shape index (κ1) is 17.1. The molecule has 0 heterocycles. The molecule has 5 atom stereocenters. The summed E-state index contributed by atoms with van der Waals surface area (Å²) in [4.78, 5) is 5.11. The second-order valence-electron chi connectivity index (χ2n) is 10.9. The van der Waals surface area contributed by atoms with Gasteiger partial charge in [0.25, 0.3) is 0 Å². The Morgan fingerprint density at radius 1 is 0.958 bits per heavy atom. The van der Waals surface area contributed by atoms with Crippen LogP contribution < -0.4 is 5.32 Å². The number of nitrogens with one attached hydrogen (secondary N) is 1. The van der Waals surface area contributed by atoms with Crippen LogP contribution in [0.2, 0.25) is 0 Å². The van der Waals surface area contributed by atoms with E-state index in [1.165, 1.54) is 44.2 Å². The van der Waals surface area contributed by atoms with Gasteiger partial charge in [-0.3, -0.25) is 4.99 Å². The number of nitrogens with zero attached hydrogens (tertiary/aromatic N) is 1. The lowest BCUT2D eigenvalue weighted by Crippen LogP contribution is -2.45. The molecule has 0 aromatic rings. The molecule has 0 amide bonds. The first-order valence-corrected chi connectivity index (χ1v) is 10.4. The van der Waals surface area contributed by atoms with Gasteiger partial charge in [0.15, 0.2) is 0 Å². The fourth-order valence-electron chi connectivity index (χ4n) is 7.11. The molecule has 0 spiro atoms. The van der Waals surface area contributed by atoms with E-state index in [0.717, 1.165) is 24.9 Å². The summed E-state index contributed by atoms with van der Waals surface area (Å²) in [6.07, 6.45) is 8.27. The SMILES string of the molecule is CC12CCC(CC1=NCCNC1CC3CCC1(C)C3(C)C)C2(C)C. The third-order valence-corrected chi connectivity index (χ3v) is 10.1. The van der Waals surface area contributed by atoms with Crippen molar-refractivity contribution in [3.8, 4) is 0 Å². The van der Waals surface area contributed by atoms with Crippen molar-refractivity contribution in [1.29, 1.82) is 0 Å². The summed E-state index contributed by atoms with van der Waals surface area (Å²) in [5.74, 6) is 1.80. The quantitative estimate of drug-likeness (QED) is 0.714. The number of hydrogen-bond acceptors (Lipinski definition) is 2. The fraction of sp³-hybridized carbons (Fsp3) is 0.955. The van der Waals surface area contributed by atoms with Crippen molar-refractivity contribution in [3.63, 3.8) is 0 Å². The summed E-state index contributed by atoms with van der Waals surface area (Å²) in [5, 5.41) is 3.90. The first-order valence-electron chi connectivity index (χ1n) is 10.4. The van der Waals surface area contributed by atoms with Crippen molar-refractivity contribution in [2.45, 2.75) is 86.1 Å². The molecule has 4 fully saturated rings. The van der Waals surface area contributed by atoms with Crippen LogP contribution >= 0.6 is 0 Å². The van der Waals surface area contributed by atoms with Crippen molar-refractivity contribution >= 4 is 5.71 Å². The largest absolute Gasteiger partial charge is 0.312 e. The summed E-state index contributed by atoms with van der Waals surface area (Å²) in [7, 11) is 0. The van der Waals surface area contributed by atoms with Crippen LogP contribution in [0.1, 0.15) is 80.1 Å². The molecule has 24 heavy (non-hydrogen) atoms. The van der Waals surface area contributed by atoms with Gasteiger partial charge in [-0.05, 0) is 66.6 Å². The second-order valence-corrected chi connectivity index (χ2v) is 10.9. The molecule has 1 N–H and O–H groups in total. The van der Waals surface area contributed by atoms with Gasteiger partial charge in [0.1, 0.15) is 0 Å². The lowest BCUT2D eigenvalue weighted by Gasteiger charge is -2.39. The zero-order valence-electron chi connectivity index (χ0n) is 16.8. The molecule has 4 aliphatic rings. The molecule has 2 nitrogen and oxygen atoms in total. The molecule has 4 rings (SSSR count). The standard InChI is InChI=1S/C22H38N2/c1-19(2)15-7-9-21(19,5)17(13-15)23-11-12-24-18-14-16-8-10-22(18,6)20(16,3)4/h15-17,23H,7-14H2,1-6H3. The van der Waals surface area contributed by atoms with Crippen LogP contribution in [-0.2, 0) is 0 Å². The number of rotatable bonds is 4. The van der Waals surface area contributed by atoms with Crippen LogP contribution in [0.15, 0.2) is 4.99 Å². The van der Waals surface area contributed by atoms with Gasteiger partial charge in [-0.2, -0.15) is 0 Å². The molecular weight excluding hydrogens is 292 g/mol. The third kappa shape index (κ3) is 1.95. The molecule has 0 radical (unpaired) electrons. The van der Waals surface area contributed by atoms with Crippen molar-refractivity contribution < 1.29 is 0 Å². The zero-order valence-corrected chi connectivity index (χ0v) is 16.8. The molecule has 0 aromatic heterocycles. The van der Waals surface area contributed by atoms with E-state index in [0.29, 0.717) is 27.7 Å². The van der Waals surface area contributed by atoms with Gasteiger partial charge in [0.2, 0.25) is 0 Å².